The predicted molar refractivity (Wildman–Crippen MR) is 93.3 cm³/mol. The van der Waals surface area contributed by atoms with E-state index in [-0.39, 0.29) is 41.4 Å². The minimum atomic E-state index is -3.54. The van der Waals surface area contributed by atoms with Crippen LogP contribution in [-0.2, 0) is 14.6 Å². The maximum absolute atomic E-state index is 12.8. The van der Waals surface area contributed by atoms with Crippen LogP contribution in [0.5, 0.6) is 0 Å². The number of nitrogens with two attached hydrogens (primary N) is 1. The lowest BCUT2D eigenvalue weighted by atomic mass is 9.74. The second kappa shape index (κ2) is 8.27. The van der Waals surface area contributed by atoms with E-state index in [1.807, 2.05) is 6.92 Å². The molecule has 8 heteroatoms. The molecule has 3 N–H and O–H groups in total. The maximum Gasteiger partial charge on any atom is 0.224 e. The van der Waals surface area contributed by atoms with Crippen LogP contribution < -0.4 is 11.1 Å². The number of nitrogens with one attached hydrogen (secondary N) is 1. The Hall–Kier alpha value is -1.18. The zero-order chi connectivity index (χ0) is 17.1. The van der Waals surface area contributed by atoms with Gasteiger partial charge in [-0.1, -0.05) is 12.8 Å². The first-order chi connectivity index (χ1) is 10.7. The first-order valence-electron chi connectivity index (χ1n) is 7.77. The first-order valence-corrected chi connectivity index (χ1v) is 9.42. The van der Waals surface area contributed by atoms with Crippen LogP contribution in [-0.4, -0.2) is 32.2 Å². The molecule has 1 fully saturated rings. The van der Waals surface area contributed by atoms with Gasteiger partial charge in [-0.15, -0.1) is 12.4 Å². The molecule has 24 heavy (non-hydrogen) atoms. The fourth-order valence-electron chi connectivity index (χ4n) is 2.98. The van der Waals surface area contributed by atoms with Crippen LogP contribution in [0.25, 0.3) is 0 Å². The third-order valence-electron chi connectivity index (χ3n) is 4.41. The van der Waals surface area contributed by atoms with Gasteiger partial charge >= 0.3 is 0 Å². The van der Waals surface area contributed by atoms with Gasteiger partial charge in [-0.2, -0.15) is 0 Å². The summed E-state index contributed by atoms with van der Waals surface area (Å²) in [6.45, 7) is 1.89. The molecule has 1 saturated carbocycles. The molecule has 0 heterocycles. The summed E-state index contributed by atoms with van der Waals surface area (Å²) < 4.78 is 37.1. The molecule has 0 spiro atoms. The van der Waals surface area contributed by atoms with Gasteiger partial charge in [0.15, 0.2) is 9.84 Å². The van der Waals surface area contributed by atoms with E-state index in [1.54, 1.807) is 0 Å². The number of sulfone groups is 1. The summed E-state index contributed by atoms with van der Waals surface area (Å²) in [5.74, 6) is -1.19. The normalized spacial score (nSPS) is 24.0. The van der Waals surface area contributed by atoms with Crippen molar-refractivity contribution in [2.24, 2.45) is 11.7 Å². The van der Waals surface area contributed by atoms with E-state index in [2.05, 4.69) is 5.32 Å². The minimum Gasteiger partial charge on any atom is -0.355 e. The highest BCUT2D eigenvalue weighted by atomic mass is 35.5. The quantitative estimate of drug-likeness (QED) is 0.767. The largest absolute Gasteiger partial charge is 0.355 e. The summed E-state index contributed by atoms with van der Waals surface area (Å²) in [6.07, 6.45) is 3.48. The van der Waals surface area contributed by atoms with Gasteiger partial charge in [0.05, 0.1) is 16.6 Å². The fraction of sp³-hybridized carbons (Fsp3) is 0.562. The second-order valence-electron chi connectivity index (χ2n) is 6.37. The van der Waals surface area contributed by atoms with Gasteiger partial charge < -0.3 is 11.1 Å². The van der Waals surface area contributed by atoms with Crippen LogP contribution in [0.15, 0.2) is 29.2 Å². The average Bonchev–Trinajstić information content (AvgIpc) is 2.46. The van der Waals surface area contributed by atoms with Gasteiger partial charge in [-0.25, -0.2) is 12.8 Å². The van der Waals surface area contributed by atoms with Gasteiger partial charge in [-0.05, 0) is 44.0 Å². The summed E-state index contributed by atoms with van der Waals surface area (Å²) in [6, 6.07) is 4.66. The molecule has 1 aromatic rings. The van der Waals surface area contributed by atoms with Crippen LogP contribution in [0.2, 0.25) is 0 Å². The van der Waals surface area contributed by atoms with Gasteiger partial charge in [-0.3, -0.25) is 4.79 Å². The van der Waals surface area contributed by atoms with Crippen LogP contribution in [0.4, 0.5) is 4.39 Å². The molecule has 5 nitrogen and oxygen atoms in total. The summed E-state index contributed by atoms with van der Waals surface area (Å²) in [5, 5.41) is 2.67. The van der Waals surface area contributed by atoms with E-state index in [0.29, 0.717) is 0 Å². The Morgan fingerprint density at radius 2 is 1.96 bits per heavy atom. The zero-order valence-corrected chi connectivity index (χ0v) is 15.3. The Balaban J connectivity index is 0.00000288. The fourth-order valence-corrected chi connectivity index (χ4v) is 4.14. The topological polar surface area (TPSA) is 89.3 Å². The molecule has 0 aromatic heterocycles. The minimum absolute atomic E-state index is 0. The average molecular weight is 379 g/mol. The van der Waals surface area contributed by atoms with Crippen molar-refractivity contribution in [3.05, 3.63) is 30.1 Å². The van der Waals surface area contributed by atoms with E-state index in [1.165, 1.54) is 12.1 Å². The maximum atomic E-state index is 12.8. The number of benzene rings is 1. The lowest BCUT2D eigenvalue weighted by molar-refractivity contribution is -0.127. The van der Waals surface area contributed by atoms with Crippen LogP contribution >= 0.6 is 12.4 Å². The Bertz CT molecular complexity index is 662. The van der Waals surface area contributed by atoms with Crippen LogP contribution in [0.3, 0.4) is 0 Å². The zero-order valence-electron chi connectivity index (χ0n) is 13.6. The molecule has 1 amide bonds. The monoisotopic (exact) mass is 378 g/mol. The van der Waals surface area contributed by atoms with Crippen molar-refractivity contribution in [1.82, 2.24) is 5.32 Å². The molecule has 2 rings (SSSR count). The Morgan fingerprint density at radius 3 is 2.54 bits per heavy atom. The molecule has 1 aliphatic rings. The second-order valence-corrected chi connectivity index (χ2v) is 8.48. The number of amides is 1. The third-order valence-corrected chi connectivity index (χ3v) is 6.15. The number of halogens is 2. The van der Waals surface area contributed by atoms with E-state index in [0.717, 1.165) is 37.8 Å². The number of carbonyl (C=O) groups excluding carboxylic acids is 1. The standard InChI is InChI=1S/C16H23FN2O3S.ClH/c1-16(18)9-3-2-4-14(16)15(20)19-10-11-23(21,22)13-7-5-12(17)6-8-13;/h5-8,14H,2-4,9-11,18H2,1H3,(H,19,20);1H. The van der Waals surface area contributed by atoms with E-state index in [9.17, 15) is 17.6 Å². The van der Waals surface area contributed by atoms with Crippen molar-refractivity contribution in [1.29, 1.82) is 0 Å². The number of hydrogen-bond donors (Lipinski definition) is 2. The summed E-state index contributed by atoms with van der Waals surface area (Å²) in [5.41, 5.74) is 5.63. The molecule has 2 atom stereocenters. The van der Waals surface area contributed by atoms with Crippen LogP contribution in [0.1, 0.15) is 32.6 Å². The Kier molecular flexibility index (Phi) is 7.19. The molecule has 1 aromatic carbocycles. The molecule has 0 radical (unpaired) electrons. The molecule has 1 aliphatic carbocycles. The van der Waals surface area contributed by atoms with Crippen molar-refractivity contribution in [3.63, 3.8) is 0 Å². The highest BCUT2D eigenvalue weighted by molar-refractivity contribution is 7.91. The smallest absolute Gasteiger partial charge is 0.224 e. The lowest BCUT2D eigenvalue weighted by Gasteiger charge is -2.37. The summed E-state index contributed by atoms with van der Waals surface area (Å²) in [4.78, 5) is 12.3. The SMILES string of the molecule is CC1(N)CCCCC1C(=O)NCCS(=O)(=O)c1ccc(F)cc1.Cl. The number of rotatable bonds is 5. The van der Waals surface area contributed by atoms with Gasteiger partial charge in [0.1, 0.15) is 5.82 Å². The molecular formula is C16H24ClFN2O3S. The highest BCUT2D eigenvalue weighted by Crippen LogP contribution is 2.31. The Morgan fingerprint density at radius 1 is 1.33 bits per heavy atom. The first kappa shape index (κ1) is 20.9. The molecule has 0 bridgehead atoms. The van der Waals surface area contributed by atoms with Crippen molar-refractivity contribution in [2.45, 2.75) is 43.0 Å². The molecule has 0 saturated heterocycles. The molecule has 0 aliphatic heterocycles. The third kappa shape index (κ3) is 5.16. The summed E-state index contributed by atoms with van der Waals surface area (Å²) >= 11 is 0. The van der Waals surface area contributed by atoms with Crippen molar-refractivity contribution in [2.75, 3.05) is 12.3 Å². The van der Waals surface area contributed by atoms with Gasteiger partial charge in [0.25, 0.3) is 0 Å². The van der Waals surface area contributed by atoms with Crippen molar-refractivity contribution < 1.29 is 17.6 Å². The Labute approximate surface area is 148 Å². The molecule has 2 unspecified atom stereocenters. The van der Waals surface area contributed by atoms with E-state index in [4.69, 9.17) is 5.73 Å². The summed E-state index contributed by atoms with van der Waals surface area (Å²) in [7, 11) is -3.54. The van der Waals surface area contributed by atoms with Crippen molar-refractivity contribution >= 4 is 28.2 Å². The number of hydrogen-bond acceptors (Lipinski definition) is 4. The number of carbonyl (C=O) groups is 1. The van der Waals surface area contributed by atoms with E-state index < -0.39 is 21.2 Å². The van der Waals surface area contributed by atoms with Gasteiger partial charge in [0.2, 0.25) is 5.91 Å². The van der Waals surface area contributed by atoms with Gasteiger partial charge in [0, 0.05) is 12.1 Å². The van der Waals surface area contributed by atoms with Crippen molar-refractivity contribution in [3.8, 4) is 0 Å². The molecular weight excluding hydrogens is 355 g/mol. The molecule has 136 valence electrons. The predicted octanol–water partition coefficient (Wildman–Crippen LogP) is 2.05. The lowest BCUT2D eigenvalue weighted by Crippen LogP contribution is -2.53. The van der Waals surface area contributed by atoms with E-state index >= 15 is 0 Å². The highest BCUT2D eigenvalue weighted by Gasteiger charge is 2.37. The van der Waals surface area contributed by atoms with Crippen LogP contribution in [0, 0.1) is 11.7 Å².